The van der Waals surface area contributed by atoms with Gasteiger partial charge in [-0.05, 0) is 9.88 Å². The molecule has 1 heterocycles. The summed E-state index contributed by atoms with van der Waals surface area (Å²) in [4.78, 5) is 0. The van der Waals surface area contributed by atoms with E-state index < -0.39 is 16.1 Å². The van der Waals surface area contributed by atoms with Crippen LogP contribution in [0.1, 0.15) is 0 Å². The van der Waals surface area contributed by atoms with Crippen LogP contribution in [-0.2, 0) is 0 Å². The van der Waals surface area contributed by atoms with E-state index in [9.17, 15) is 0 Å². The Kier molecular flexibility index (Phi) is 3.55. The summed E-state index contributed by atoms with van der Waals surface area (Å²) in [6.07, 6.45) is 0. The number of hydrogen-bond donors (Lipinski definition) is 0. The molecule has 0 bridgehead atoms. The van der Waals surface area contributed by atoms with E-state index in [4.69, 9.17) is 0 Å². The highest BCUT2D eigenvalue weighted by molar-refractivity contribution is 7.26. The Morgan fingerprint density at radius 2 is 1.71 bits per heavy atom. The normalized spacial score (nSPS) is 13.8. The van der Waals surface area contributed by atoms with E-state index in [2.05, 4.69) is 61.6 Å². The molecular weight excluding hydrogens is 220 g/mol. The fraction of sp³-hybridized carbons (Fsp3) is 0.455. The maximum atomic E-state index is 2.52. The van der Waals surface area contributed by atoms with Crippen molar-refractivity contribution < 1.29 is 0 Å². The molecule has 0 nitrogen and oxygen atoms in total. The average Bonchev–Trinajstić information content (AvgIpc) is 2.52. The monoisotopic (exact) mass is 240 g/mol. The fourth-order valence-corrected chi connectivity index (χ4v) is 7.63. The van der Waals surface area contributed by atoms with Crippen molar-refractivity contribution in [1.82, 2.24) is 0 Å². The third-order valence-corrected chi connectivity index (χ3v) is 8.71. The van der Waals surface area contributed by atoms with Crippen LogP contribution >= 0.6 is 11.3 Å². The molecule has 0 aliphatic heterocycles. The zero-order valence-electron chi connectivity index (χ0n) is 9.79. The molecule has 0 amide bonds. The highest BCUT2D eigenvalue weighted by atomic mass is 32.1. The van der Waals surface area contributed by atoms with Crippen molar-refractivity contribution in [3.63, 3.8) is 0 Å². The quantitative estimate of drug-likeness (QED) is 0.708. The SMILES string of the molecule is C[Si](C)(C)C=C[Si](C)(C)c1cccs1. The first-order chi connectivity index (χ1) is 6.31. The van der Waals surface area contributed by atoms with Crippen LogP contribution in [0, 0.1) is 0 Å². The lowest BCUT2D eigenvalue weighted by atomic mass is 10.7. The topological polar surface area (TPSA) is 0 Å². The average molecular weight is 241 g/mol. The molecular formula is C11H20SSi2. The molecule has 0 atom stereocenters. The van der Waals surface area contributed by atoms with Crippen LogP contribution in [0.5, 0.6) is 0 Å². The number of thiophene rings is 1. The Labute approximate surface area is 93.7 Å². The smallest absolute Gasteiger partial charge is 0.116 e. The first-order valence-corrected chi connectivity index (χ1v) is 12.6. The Hall–Kier alpha value is -0.126. The first kappa shape index (κ1) is 11.9. The molecule has 0 unspecified atom stereocenters. The van der Waals surface area contributed by atoms with E-state index in [-0.39, 0.29) is 0 Å². The summed E-state index contributed by atoms with van der Waals surface area (Å²) in [5.74, 6) is 0. The highest BCUT2D eigenvalue weighted by Crippen LogP contribution is 2.12. The Balaban J connectivity index is 2.83. The van der Waals surface area contributed by atoms with Crippen LogP contribution in [0.4, 0.5) is 0 Å². The van der Waals surface area contributed by atoms with Crippen molar-refractivity contribution in [2.75, 3.05) is 0 Å². The number of hydrogen-bond acceptors (Lipinski definition) is 1. The molecule has 0 aliphatic rings. The van der Waals surface area contributed by atoms with E-state index in [1.165, 1.54) is 0 Å². The molecule has 0 fully saturated rings. The van der Waals surface area contributed by atoms with E-state index in [1.54, 1.807) is 4.50 Å². The molecule has 0 radical (unpaired) electrons. The lowest BCUT2D eigenvalue weighted by molar-refractivity contribution is 1.75. The second kappa shape index (κ2) is 4.17. The van der Waals surface area contributed by atoms with Crippen LogP contribution in [0.3, 0.4) is 0 Å². The fourth-order valence-electron chi connectivity index (χ4n) is 1.19. The molecule has 0 saturated carbocycles. The van der Waals surface area contributed by atoms with Gasteiger partial charge in [0.1, 0.15) is 8.07 Å². The predicted octanol–water partition coefficient (Wildman–Crippen LogP) is 3.64. The van der Waals surface area contributed by atoms with Gasteiger partial charge in [0.2, 0.25) is 0 Å². The van der Waals surface area contributed by atoms with Crippen LogP contribution in [-0.4, -0.2) is 16.1 Å². The third-order valence-electron chi connectivity index (χ3n) is 2.16. The molecule has 14 heavy (non-hydrogen) atoms. The van der Waals surface area contributed by atoms with Crippen LogP contribution in [0.2, 0.25) is 32.7 Å². The molecule has 78 valence electrons. The van der Waals surface area contributed by atoms with E-state index in [0.29, 0.717) is 0 Å². The molecule has 1 rings (SSSR count). The summed E-state index contributed by atoms with van der Waals surface area (Å²) >= 11 is 1.91. The molecule has 1 aromatic rings. The molecule has 1 aromatic heterocycles. The first-order valence-electron chi connectivity index (χ1n) is 5.06. The van der Waals surface area contributed by atoms with Gasteiger partial charge < -0.3 is 0 Å². The van der Waals surface area contributed by atoms with Crippen LogP contribution < -0.4 is 4.50 Å². The zero-order valence-corrected chi connectivity index (χ0v) is 12.6. The predicted molar refractivity (Wildman–Crippen MR) is 73.9 cm³/mol. The van der Waals surface area contributed by atoms with Crippen molar-refractivity contribution >= 4 is 32.0 Å². The van der Waals surface area contributed by atoms with Gasteiger partial charge in [-0.15, -0.1) is 5.70 Å². The lowest BCUT2D eigenvalue weighted by Gasteiger charge is -2.18. The summed E-state index contributed by atoms with van der Waals surface area (Å²) in [5.41, 5.74) is 5.02. The third kappa shape index (κ3) is 3.55. The van der Waals surface area contributed by atoms with Crippen molar-refractivity contribution in [3.05, 3.63) is 28.9 Å². The van der Waals surface area contributed by atoms with E-state index >= 15 is 0 Å². The number of rotatable bonds is 3. The molecule has 3 heteroatoms. The second-order valence-corrected chi connectivity index (χ2v) is 16.1. The van der Waals surface area contributed by atoms with Gasteiger partial charge in [-0.25, -0.2) is 0 Å². The summed E-state index contributed by atoms with van der Waals surface area (Å²) in [6, 6.07) is 4.45. The zero-order chi connectivity index (χ0) is 10.8. The Morgan fingerprint density at radius 1 is 1.07 bits per heavy atom. The summed E-state index contributed by atoms with van der Waals surface area (Å²) < 4.78 is 1.59. The maximum Gasteiger partial charge on any atom is 0.116 e. The second-order valence-electron chi connectivity index (χ2n) is 5.40. The van der Waals surface area contributed by atoms with Gasteiger partial charge in [-0.3, -0.25) is 0 Å². The molecule has 0 saturated heterocycles. The van der Waals surface area contributed by atoms with Gasteiger partial charge in [0.15, 0.2) is 0 Å². The highest BCUT2D eigenvalue weighted by Gasteiger charge is 2.22. The van der Waals surface area contributed by atoms with Gasteiger partial charge in [0.05, 0.1) is 8.07 Å². The van der Waals surface area contributed by atoms with Crippen molar-refractivity contribution in [2.24, 2.45) is 0 Å². The summed E-state index contributed by atoms with van der Waals surface area (Å²) in [6.45, 7) is 12.0. The molecule has 0 N–H and O–H groups in total. The van der Waals surface area contributed by atoms with Gasteiger partial charge in [-0.2, -0.15) is 11.3 Å². The van der Waals surface area contributed by atoms with E-state index in [0.717, 1.165) is 0 Å². The minimum Gasteiger partial charge on any atom is -0.153 e. The summed E-state index contributed by atoms with van der Waals surface area (Å²) in [7, 11) is -2.29. The standard InChI is InChI=1S/C11H20SSi2/c1-13(2,3)9-10-14(4,5)11-7-6-8-12-11/h6-10H,1-5H3. The summed E-state index contributed by atoms with van der Waals surface area (Å²) in [5, 5.41) is 2.19. The Morgan fingerprint density at radius 3 is 2.14 bits per heavy atom. The largest absolute Gasteiger partial charge is 0.153 e. The van der Waals surface area contributed by atoms with Gasteiger partial charge in [0, 0.05) is 0 Å². The Bertz CT molecular complexity index is 305. The van der Waals surface area contributed by atoms with Gasteiger partial charge in [0.25, 0.3) is 0 Å². The van der Waals surface area contributed by atoms with Crippen molar-refractivity contribution in [3.8, 4) is 0 Å². The lowest BCUT2D eigenvalue weighted by Crippen LogP contribution is -2.38. The molecule has 0 aliphatic carbocycles. The van der Waals surface area contributed by atoms with Crippen molar-refractivity contribution in [2.45, 2.75) is 32.7 Å². The van der Waals surface area contributed by atoms with Crippen LogP contribution in [0.15, 0.2) is 28.9 Å². The van der Waals surface area contributed by atoms with E-state index in [1.807, 2.05) is 11.3 Å². The molecule has 0 aromatic carbocycles. The van der Waals surface area contributed by atoms with Crippen molar-refractivity contribution in [1.29, 1.82) is 0 Å². The van der Waals surface area contributed by atoms with Crippen LogP contribution in [0.25, 0.3) is 0 Å². The molecule has 0 spiro atoms. The van der Waals surface area contributed by atoms with Gasteiger partial charge >= 0.3 is 0 Å². The maximum absolute atomic E-state index is 2.52. The minimum absolute atomic E-state index is 1.02. The minimum atomic E-state index is -1.26. The van der Waals surface area contributed by atoms with Gasteiger partial charge in [-0.1, -0.05) is 50.6 Å².